The normalized spacial score (nSPS) is 24.9. The Kier molecular flexibility index (Phi) is 8.65. The lowest BCUT2D eigenvalue weighted by Gasteiger charge is -2.18. The van der Waals surface area contributed by atoms with Crippen molar-refractivity contribution in [2.75, 3.05) is 0 Å². The van der Waals surface area contributed by atoms with E-state index >= 15 is 0 Å². The monoisotopic (exact) mass is 350 g/mol. The van der Waals surface area contributed by atoms with E-state index in [0.29, 0.717) is 28.1 Å². The van der Waals surface area contributed by atoms with E-state index in [2.05, 4.69) is 13.2 Å². The first-order valence-electron chi connectivity index (χ1n) is 7.56. The summed E-state index contributed by atoms with van der Waals surface area (Å²) >= 11 is 1.14. The minimum absolute atomic E-state index is 0.0159. The summed E-state index contributed by atoms with van der Waals surface area (Å²) in [5.74, 6) is -0.418. The van der Waals surface area contributed by atoms with E-state index in [1.165, 1.54) is 0 Å². The first-order chi connectivity index (χ1) is 12.0. The predicted octanol–water partition coefficient (Wildman–Crippen LogP) is 0.471. The lowest BCUT2D eigenvalue weighted by atomic mass is 9.65. The van der Waals surface area contributed by atoms with E-state index in [1.807, 2.05) is 0 Å². The van der Waals surface area contributed by atoms with Gasteiger partial charge in [-0.2, -0.15) is 0 Å². The SMILES string of the molecule is [B]/C1=C([B])/C([B])=C(/[B])C(=C)S/C(=C([B])/C([B])=C(/CB(O)O)C(=C)O)CC1. The summed E-state index contributed by atoms with van der Waals surface area (Å²) in [6.07, 6.45) is 0.350. The standard InChI is InChI=1S/C15H13B7O3S/c1-6(23)8(5-22(24)25)12(18)14(20)10-4-3-9(16)13(19)15(21)11(17)7(2)26-10/h23-25H,1-5H2/b12-8+,13-9-,14-10-,15-11-. The van der Waals surface area contributed by atoms with E-state index in [9.17, 15) is 5.11 Å². The van der Waals surface area contributed by atoms with Crippen molar-refractivity contribution in [2.45, 2.75) is 19.2 Å². The van der Waals surface area contributed by atoms with E-state index in [0.717, 1.165) is 11.8 Å². The van der Waals surface area contributed by atoms with E-state index < -0.39 is 12.9 Å². The fourth-order valence-electron chi connectivity index (χ4n) is 2.17. The van der Waals surface area contributed by atoms with E-state index in [-0.39, 0.29) is 39.3 Å². The molecule has 11 heteroatoms. The number of aliphatic hydroxyl groups is 1. The van der Waals surface area contributed by atoms with Crippen LogP contribution in [0.3, 0.4) is 0 Å². The second-order valence-corrected chi connectivity index (χ2v) is 6.84. The average Bonchev–Trinajstić information content (AvgIpc) is 2.61. The maximum Gasteiger partial charge on any atom is 0.456 e. The quantitative estimate of drug-likeness (QED) is 0.393. The molecule has 0 unspecified atom stereocenters. The third kappa shape index (κ3) is 5.73. The van der Waals surface area contributed by atoms with Crippen molar-refractivity contribution in [1.29, 1.82) is 0 Å². The van der Waals surface area contributed by atoms with Gasteiger partial charge in [-0.05, 0) is 28.2 Å². The molecule has 0 atom stereocenters. The highest BCUT2D eigenvalue weighted by Gasteiger charge is 2.18. The summed E-state index contributed by atoms with van der Waals surface area (Å²) in [4.78, 5) is 0.963. The highest BCUT2D eigenvalue weighted by atomic mass is 32.2. The third-order valence-electron chi connectivity index (χ3n) is 3.75. The molecule has 3 N–H and O–H groups in total. The van der Waals surface area contributed by atoms with Crippen LogP contribution in [0, 0.1) is 0 Å². The van der Waals surface area contributed by atoms with Crippen LogP contribution in [0.2, 0.25) is 6.32 Å². The molecule has 3 nitrogen and oxygen atoms in total. The maximum atomic E-state index is 9.68. The molecule has 1 aliphatic heterocycles. The molecule has 0 aromatic heterocycles. The number of thioether (sulfide) groups is 1. The number of rotatable bonds is 4. The van der Waals surface area contributed by atoms with Gasteiger partial charge in [0, 0.05) is 6.32 Å². The van der Waals surface area contributed by atoms with Gasteiger partial charge in [0.2, 0.25) is 0 Å². The van der Waals surface area contributed by atoms with Crippen molar-refractivity contribution in [3.8, 4) is 0 Å². The van der Waals surface area contributed by atoms with Gasteiger partial charge in [0.25, 0.3) is 0 Å². The van der Waals surface area contributed by atoms with Crippen molar-refractivity contribution in [2.24, 2.45) is 0 Å². The van der Waals surface area contributed by atoms with Crippen molar-refractivity contribution in [1.82, 2.24) is 0 Å². The second-order valence-electron chi connectivity index (χ2n) is 5.65. The Hall–Kier alpha value is -1.04. The van der Waals surface area contributed by atoms with Gasteiger partial charge in [-0.25, -0.2) is 0 Å². The molecular weight excluding hydrogens is 336 g/mol. The van der Waals surface area contributed by atoms with Gasteiger partial charge in [0.05, 0.1) is 0 Å². The second kappa shape index (κ2) is 9.77. The van der Waals surface area contributed by atoms with Crippen molar-refractivity contribution in [3.05, 3.63) is 67.1 Å². The molecular formula is C15H13B7O3S. The fourth-order valence-corrected chi connectivity index (χ4v) is 3.12. The molecule has 1 heterocycles. The zero-order chi connectivity index (χ0) is 20.2. The Bertz CT molecular complexity index is 750. The average molecular weight is 349 g/mol. The Morgan fingerprint density at radius 2 is 1.62 bits per heavy atom. The molecule has 0 bridgehead atoms. The topological polar surface area (TPSA) is 60.7 Å². The molecule has 0 saturated heterocycles. The Morgan fingerprint density at radius 1 is 1.04 bits per heavy atom. The van der Waals surface area contributed by atoms with E-state index in [4.69, 9.17) is 57.1 Å². The van der Waals surface area contributed by atoms with Gasteiger partial charge in [-0.3, -0.25) is 0 Å². The molecule has 118 valence electrons. The smallest absolute Gasteiger partial charge is 0.456 e. The molecule has 0 aliphatic carbocycles. The molecule has 0 spiro atoms. The predicted molar refractivity (Wildman–Crippen MR) is 115 cm³/mol. The largest absolute Gasteiger partial charge is 0.508 e. The lowest BCUT2D eigenvalue weighted by molar-refractivity contribution is 0.398. The molecule has 1 rings (SSSR count). The van der Waals surface area contributed by atoms with Crippen LogP contribution in [0.4, 0.5) is 0 Å². The van der Waals surface area contributed by atoms with Crippen LogP contribution < -0.4 is 0 Å². The summed E-state index contributed by atoms with van der Waals surface area (Å²) in [7, 11) is 34.1. The first kappa shape index (κ1) is 23.0. The summed E-state index contributed by atoms with van der Waals surface area (Å²) < 4.78 is 0. The van der Waals surface area contributed by atoms with Crippen LogP contribution in [0.25, 0.3) is 0 Å². The summed E-state index contributed by atoms with van der Waals surface area (Å²) in [5, 5.41) is 28.0. The van der Waals surface area contributed by atoms with Crippen LogP contribution in [0.15, 0.2) is 67.1 Å². The van der Waals surface area contributed by atoms with Crippen LogP contribution in [0.1, 0.15) is 12.8 Å². The van der Waals surface area contributed by atoms with Crippen LogP contribution in [-0.4, -0.2) is 69.4 Å². The van der Waals surface area contributed by atoms with Crippen LogP contribution in [0.5, 0.6) is 0 Å². The lowest BCUT2D eigenvalue weighted by Crippen LogP contribution is -2.14. The Balaban J connectivity index is 3.47. The van der Waals surface area contributed by atoms with E-state index in [1.54, 1.807) is 0 Å². The van der Waals surface area contributed by atoms with Crippen LogP contribution >= 0.6 is 11.8 Å². The number of hydrogen-bond donors (Lipinski definition) is 3. The van der Waals surface area contributed by atoms with Gasteiger partial charge in [0.1, 0.15) is 52.8 Å². The van der Waals surface area contributed by atoms with Gasteiger partial charge in [0.15, 0.2) is 0 Å². The molecule has 0 saturated carbocycles. The van der Waals surface area contributed by atoms with Gasteiger partial charge >= 0.3 is 7.12 Å². The summed E-state index contributed by atoms with van der Waals surface area (Å²) in [6.45, 7) is 7.23. The molecule has 0 fully saturated rings. The van der Waals surface area contributed by atoms with Crippen molar-refractivity contribution >= 4 is 66.0 Å². The molecule has 0 aromatic carbocycles. The zero-order valence-electron chi connectivity index (χ0n) is 14.3. The van der Waals surface area contributed by atoms with Gasteiger partial charge in [-0.15, -0.1) is 16.4 Å². The van der Waals surface area contributed by atoms with Crippen LogP contribution in [-0.2, 0) is 0 Å². The molecule has 26 heavy (non-hydrogen) atoms. The number of aliphatic hydroxyl groups excluding tert-OH is 1. The number of allylic oxidation sites excluding steroid dienone is 8. The minimum Gasteiger partial charge on any atom is -0.508 e. The van der Waals surface area contributed by atoms with Gasteiger partial charge < -0.3 is 15.2 Å². The third-order valence-corrected chi connectivity index (χ3v) is 4.88. The highest BCUT2D eigenvalue weighted by Crippen LogP contribution is 2.38. The number of hydrogen-bond acceptors (Lipinski definition) is 4. The molecule has 1 aliphatic rings. The van der Waals surface area contributed by atoms with Crippen molar-refractivity contribution in [3.63, 3.8) is 0 Å². The van der Waals surface area contributed by atoms with Gasteiger partial charge in [-0.1, -0.05) is 41.3 Å². The Labute approximate surface area is 167 Å². The summed E-state index contributed by atoms with van der Waals surface area (Å²) in [6, 6.07) is 0. The van der Waals surface area contributed by atoms with Crippen molar-refractivity contribution < 1.29 is 15.2 Å². The zero-order valence-corrected chi connectivity index (χ0v) is 15.1. The highest BCUT2D eigenvalue weighted by molar-refractivity contribution is 8.07. The molecule has 0 amide bonds. The molecule has 0 aromatic rings. The Morgan fingerprint density at radius 3 is 2.12 bits per heavy atom. The maximum absolute atomic E-state index is 9.68. The summed E-state index contributed by atoms with van der Waals surface area (Å²) in [5.41, 5.74) is 0.917. The molecule has 12 radical (unpaired) electrons. The first-order valence-corrected chi connectivity index (χ1v) is 8.37. The minimum atomic E-state index is -1.73. The fraction of sp³-hybridized carbons (Fsp3) is 0.200.